The summed E-state index contributed by atoms with van der Waals surface area (Å²) in [4.78, 5) is 36.2. The molecule has 2 N–H and O–H groups in total. The van der Waals surface area contributed by atoms with Gasteiger partial charge in [-0.05, 0) is 19.3 Å². The highest BCUT2D eigenvalue weighted by molar-refractivity contribution is 5.86. The molecule has 0 aromatic rings. The lowest BCUT2D eigenvalue weighted by molar-refractivity contribution is -0.156. The van der Waals surface area contributed by atoms with Crippen LogP contribution >= 0.6 is 0 Å². The van der Waals surface area contributed by atoms with E-state index in [0.717, 1.165) is 6.42 Å². The van der Waals surface area contributed by atoms with Gasteiger partial charge in [0.25, 0.3) is 0 Å². The number of amides is 2. The fourth-order valence-corrected chi connectivity index (χ4v) is 2.31. The molecule has 1 fully saturated rings. The molecule has 2 atom stereocenters. The van der Waals surface area contributed by atoms with E-state index in [-0.39, 0.29) is 37.3 Å². The van der Waals surface area contributed by atoms with Crippen LogP contribution in [0.15, 0.2) is 0 Å². The van der Waals surface area contributed by atoms with E-state index in [1.54, 1.807) is 0 Å². The van der Waals surface area contributed by atoms with Gasteiger partial charge in [-0.25, -0.2) is 4.79 Å². The zero-order valence-corrected chi connectivity index (χ0v) is 11.9. The van der Waals surface area contributed by atoms with Gasteiger partial charge in [-0.3, -0.25) is 9.59 Å². The van der Waals surface area contributed by atoms with Gasteiger partial charge in [0.15, 0.2) is 0 Å². The number of carboxylic acid groups (broad SMARTS) is 1. The monoisotopic (exact) mass is 286 g/mol. The highest BCUT2D eigenvalue weighted by Crippen LogP contribution is 2.22. The number of ether oxygens (including phenoxy) is 1. The molecule has 0 unspecified atom stereocenters. The minimum absolute atomic E-state index is 0.130. The van der Waals surface area contributed by atoms with Gasteiger partial charge in [0.05, 0.1) is 5.92 Å². The first-order valence-corrected chi connectivity index (χ1v) is 6.82. The van der Waals surface area contributed by atoms with Crippen LogP contribution in [-0.4, -0.2) is 60.6 Å². The fourth-order valence-electron chi connectivity index (χ4n) is 2.31. The van der Waals surface area contributed by atoms with Crippen LogP contribution < -0.4 is 5.32 Å². The van der Waals surface area contributed by atoms with E-state index in [1.807, 2.05) is 6.92 Å². The summed E-state index contributed by atoms with van der Waals surface area (Å²) < 4.78 is 5.16. The van der Waals surface area contributed by atoms with E-state index in [4.69, 9.17) is 4.74 Å². The van der Waals surface area contributed by atoms with Gasteiger partial charge in [0.1, 0.15) is 12.6 Å². The third-order valence-electron chi connectivity index (χ3n) is 3.38. The molecule has 2 amide bonds. The number of likely N-dealkylation sites (tertiary alicyclic amines) is 1. The van der Waals surface area contributed by atoms with Crippen molar-refractivity contribution in [1.82, 2.24) is 10.2 Å². The average molecular weight is 286 g/mol. The standard InChI is InChI=1S/C13H22N2O5/c1-3-6-20-8-11(16)15-7-9(12(17)14-2)4-5-10(15)13(18)19/h9-10H,3-8H2,1-2H3,(H,14,17)(H,18,19)/t9-,10-/m0/s1. The second-order valence-corrected chi connectivity index (χ2v) is 4.84. The molecule has 0 bridgehead atoms. The Labute approximate surface area is 118 Å². The van der Waals surface area contributed by atoms with Gasteiger partial charge in [-0.15, -0.1) is 0 Å². The maximum Gasteiger partial charge on any atom is 0.326 e. The highest BCUT2D eigenvalue weighted by Gasteiger charge is 2.37. The van der Waals surface area contributed by atoms with Crippen LogP contribution in [0, 0.1) is 5.92 Å². The normalized spacial score (nSPS) is 22.4. The van der Waals surface area contributed by atoms with E-state index < -0.39 is 12.0 Å². The Kier molecular flexibility index (Phi) is 6.44. The minimum atomic E-state index is -1.04. The van der Waals surface area contributed by atoms with Gasteiger partial charge in [0.2, 0.25) is 11.8 Å². The van der Waals surface area contributed by atoms with Crippen molar-refractivity contribution < 1.29 is 24.2 Å². The second kappa shape index (κ2) is 7.84. The van der Waals surface area contributed by atoms with Gasteiger partial charge >= 0.3 is 5.97 Å². The molecule has 1 aliphatic heterocycles. The van der Waals surface area contributed by atoms with Crippen molar-refractivity contribution >= 4 is 17.8 Å². The first-order chi connectivity index (χ1) is 9.51. The van der Waals surface area contributed by atoms with Crippen LogP contribution in [0.4, 0.5) is 0 Å². The van der Waals surface area contributed by atoms with Crippen molar-refractivity contribution in [2.24, 2.45) is 5.92 Å². The molecule has 0 spiro atoms. The van der Waals surface area contributed by atoms with Crippen LogP contribution in [0.5, 0.6) is 0 Å². The number of carbonyl (C=O) groups is 3. The number of carbonyl (C=O) groups excluding carboxylic acids is 2. The summed E-state index contributed by atoms with van der Waals surface area (Å²) in [6, 6.07) is -0.867. The van der Waals surface area contributed by atoms with Gasteiger partial charge in [-0.2, -0.15) is 0 Å². The number of nitrogens with zero attached hydrogens (tertiary/aromatic N) is 1. The molecule has 0 radical (unpaired) electrons. The second-order valence-electron chi connectivity index (χ2n) is 4.84. The largest absolute Gasteiger partial charge is 0.480 e. The first kappa shape index (κ1) is 16.4. The highest BCUT2D eigenvalue weighted by atomic mass is 16.5. The number of nitrogens with one attached hydrogen (secondary N) is 1. The van der Waals surface area contributed by atoms with Crippen molar-refractivity contribution in [2.75, 3.05) is 26.8 Å². The summed E-state index contributed by atoms with van der Waals surface area (Å²) in [5, 5.41) is 11.7. The molecule has 1 heterocycles. The Hall–Kier alpha value is -1.63. The van der Waals surface area contributed by atoms with E-state index in [0.29, 0.717) is 13.0 Å². The quantitative estimate of drug-likeness (QED) is 0.662. The summed E-state index contributed by atoms with van der Waals surface area (Å²) in [6.45, 7) is 2.37. The molecule has 1 aliphatic rings. The summed E-state index contributed by atoms with van der Waals surface area (Å²) >= 11 is 0. The van der Waals surface area contributed by atoms with Crippen LogP contribution in [0.25, 0.3) is 0 Å². The van der Waals surface area contributed by atoms with Crippen LogP contribution in [0.2, 0.25) is 0 Å². The third kappa shape index (κ3) is 4.19. The number of aliphatic carboxylic acids is 1. The fraction of sp³-hybridized carbons (Fsp3) is 0.769. The Balaban J connectivity index is 2.70. The zero-order valence-electron chi connectivity index (χ0n) is 11.9. The van der Waals surface area contributed by atoms with E-state index >= 15 is 0 Å². The molecule has 0 aliphatic carbocycles. The lowest BCUT2D eigenvalue weighted by Crippen LogP contribution is -2.54. The Morgan fingerprint density at radius 1 is 1.35 bits per heavy atom. The first-order valence-electron chi connectivity index (χ1n) is 6.82. The molecule has 7 nitrogen and oxygen atoms in total. The van der Waals surface area contributed by atoms with Crippen molar-refractivity contribution in [2.45, 2.75) is 32.2 Å². The maximum atomic E-state index is 12.1. The van der Waals surface area contributed by atoms with Crippen molar-refractivity contribution in [1.29, 1.82) is 0 Å². The van der Waals surface area contributed by atoms with E-state index in [9.17, 15) is 19.5 Å². The number of hydrogen-bond donors (Lipinski definition) is 2. The van der Waals surface area contributed by atoms with E-state index in [2.05, 4.69) is 5.32 Å². The molecule has 114 valence electrons. The number of hydrogen-bond acceptors (Lipinski definition) is 4. The molecule has 1 rings (SSSR count). The molecular weight excluding hydrogens is 264 g/mol. The third-order valence-corrected chi connectivity index (χ3v) is 3.38. The lowest BCUT2D eigenvalue weighted by atomic mass is 9.92. The smallest absolute Gasteiger partial charge is 0.326 e. The molecule has 7 heteroatoms. The summed E-state index contributed by atoms with van der Waals surface area (Å²) in [5.74, 6) is -1.93. The van der Waals surface area contributed by atoms with Crippen LogP contribution in [-0.2, 0) is 19.1 Å². The predicted octanol–water partition coefficient (Wildman–Crippen LogP) is -0.149. The van der Waals surface area contributed by atoms with Crippen molar-refractivity contribution in [3.63, 3.8) is 0 Å². The number of piperidine rings is 1. The maximum absolute atomic E-state index is 12.1. The Morgan fingerprint density at radius 3 is 2.60 bits per heavy atom. The minimum Gasteiger partial charge on any atom is -0.480 e. The van der Waals surface area contributed by atoms with Gasteiger partial charge < -0.3 is 20.1 Å². The molecule has 1 saturated heterocycles. The number of rotatable bonds is 6. The summed E-state index contributed by atoms with van der Waals surface area (Å²) in [5.41, 5.74) is 0. The Bertz CT molecular complexity index is 372. The number of carboxylic acids is 1. The molecule has 0 saturated carbocycles. The lowest BCUT2D eigenvalue weighted by Gasteiger charge is -2.36. The summed E-state index contributed by atoms with van der Waals surface area (Å²) in [7, 11) is 1.53. The summed E-state index contributed by atoms with van der Waals surface area (Å²) in [6.07, 6.45) is 1.54. The van der Waals surface area contributed by atoms with Crippen molar-refractivity contribution in [3.05, 3.63) is 0 Å². The predicted molar refractivity (Wildman–Crippen MR) is 71.0 cm³/mol. The SMILES string of the molecule is CCCOCC(=O)N1C[C@@H](C(=O)NC)CC[C@H]1C(=O)O. The van der Waals surface area contributed by atoms with Gasteiger partial charge in [-0.1, -0.05) is 6.92 Å². The zero-order chi connectivity index (χ0) is 15.1. The molecule has 20 heavy (non-hydrogen) atoms. The topological polar surface area (TPSA) is 95.9 Å². The molecule has 0 aromatic heterocycles. The molecule has 0 aromatic carbocycles. The molecular formula is C13H22N2O5. The van der Waals surface area contributed by atoms with Gasteiger partial charge in [0, 0.05) is 20.2 Å². The average Bonchev–Trinajstić information content (AvgIpc) is 2.45. The van der Waals surface area contributed by atoms with E-state index in [1.165, 1.54) is 11.9 Å². The van der Waals surface area contributed by atoms with Crippen LogP contribution in [0.3, 0.4) is 0 Å². The Morgan fingerprint density at radius 2 is 2.05 bits per heavy atom. The van der Waals surface area contributed by atoms with Crippen molar-refractivity contribution in [3.8, 4) is 0 Å². The van der Waals surface area contributed by atoms with Crippen LogP contribution in [0.1, 0.15) is 26.2 Å².